The molecule has 0 radical (unpaired) electrons. The molecule has 0 spiro atoms. The Morgan fingerprint density at radius 2 is 1.95 bits per heavy atom. The van der Waals surface area contributed by atoms with Crippen molar-refractivity contribution < 1.29 is 4.74 Å². The van der Waals surface area contributed by atoms with Crippen LogP contribution in [0.1, 0.15) is 19.5 Å². The van der Waals surface area contributed by atoms with E-state index in [1.807, 2.05) is 27.1 Å². The molecule has 0 unspecified atom stereocenters. The van der Waals surface area contributed by atoms with Gasteiger partial charge in [-0.25, -0.2) is 0 Å². The third-order valence-corrected chi connectivity index (χ3v) is 2.62. The highest BCUT2D eigenvalue weighted by Gasteiger charge is 2.10. The first-order valence-corrected chi connectivity index (χ1v) is 6.49. The summed E-state index contributed by atoms with van der Waals surface area (Å²) in [5.74, 6) is 0.902. The van der Waals surface area contributed by atoms with Crippen molar-refractivity contribution in [3.63, 3.8) is 0 Å². The quantitative estimate of drug-likeness (QED) is 0.823. The predicted molar refractivity (Wildman–Crippen MR) is 76.4 cm³/mol. The van der Waals surface area contributed by atoms with Crippen LogP contribution in [0.3, 0.4) is 0 Å². The molecule has 2 heterocycles. The highest BCUT2D eigenvalue weighted by atomic mass is 16.5. The van der Waals surface area contributed by atoms with Gasteiger partial charge in [0, 0.05) is 19.8 Å². The zero-order valence-electron chi connectivity index (χ0n) is 12.1. The van der Waals surface area contributed by atoms with E-state index >= 15 is 0 Å². The SMILES string of the molecule is CCNc1nc(Nc2cn(C)nc2CC)nc(OC)n1. The molecule has 0 saturated carbocycles. The lowest BCUT2D eigenvalue weighted by Gasteiger charge is -2.08. The standard InChI is InChI=1S/C12H19N7O/c1-5-8-9(7-19(3)18-8)14-11-15-10(13-6-2)16-12(17-11)20-4/h7H,5-6H2,1-4H3,(H2,13,14,15,16,17). The van der Waals surface area contributed by atoms with E-state index in [0.717, 1.165) is 24.3 Å². The van der Waals surface area contributed by atoms with E-state index in [9.17, 15) is 0 Å². The molecule has 108 valence electrons. The van der Waals surface area contributed by atoms with Crippen molar-refractivity contribution in [2.75, 3.05) is 24.3 Å². The number of aromatic nitrogens is 5. The van der Waals surface area contributed by atoms with E-state index in [-0.39, 0.29) is 6.01 Å². The van der Waals surface area contributed by atoms with Gasteiger partial charge in [-0.05, 0) is 13.3 Å². The minimum absolute atomic E-state index is 0.264. The van der Waals surface area contributed by atoms with E-state index < -0.39 is 0 Å². The molecular formula is C12H19N7O. The van der Waals surface area contributed by atoms with Gasteiger partial charge in [-0.1, -0.05) is 6.92 Å². The van der Waals surface area contributed by atoms with E-state index in [2.05, 4.69) is 30.7 Å². The van der Waals surface area contributed by atoms with Gasteiger partial charge in [-0.15, -0.1) is 0 Å². The minimum Gasteiger partial charge on any atom is -0.467 e. The zero-order valence-corrected chi connectivity index (χ0v) is 12.1. The first-order chi connectivity index (χ1) is 9.66. The van der Waals surface area contributed by atoms with Gasteiger partial charge in [0.15, 0.2) is 0 Å². The Morgan fingerprint density at radius 1 is 1.20 bits per heavy atom. The Balaban J connectivity index is 2.29. The fourth-order valence-corrected chi connectivity index (χ4v) is 1.76. The maximum Gasteiger partial charge on any atom is 0.322 e. The van der Waals surface area contributed by atoms with Crippen molar-refractivity contribution in [3.05, 3.63) is 11.9 Å². The second-order valence-electron chi connectivity index (χ2n) is 4.14. The van der Waals surface area contributed by atoms with Crippen LogP contribution in [0.4, 0.5) is 17.6 Å². The fourth-order valence-electron chi connectivity index (χ4n) is 1.76. The van der Waals surface area contributed by atoms with Gasteiger partial charge in [-0.3, -0.25) is 4.68 Å². The Labute approximate surface area is 117 Å². The summed E-state index contributed by atoms with van der Waals surface area (Å²) in [4.78, 5) is 12.6. The summed E-state index contributed by atoms with van der Waals surface area (Å²) in [6.45, 7) is 4.74. The van der Waals surface area contributed by atoms with Gasteiger partial charge in [0.25, 0.3) is 0 Å². The molecule has 0 atom stereocenters. The molecule has 0 aliphatic rings. The van der Waals surface area contributed by atoms with E-state index in [0.29, 0.717) is 11.9 Å². The molecule has 8 nitrogen and oxygen atoms in total. The molecule has 0 aliphatic carbocycles. The van der Waals surface area contributed by atoms with Crippen LogP contribution in [0.2, 0.25) is 0 Å². The number of methoxy groups -OCH3 is 1. The van der Waals surface area contributed by atoms with Crippen LogP contribution in [0, 0.1) is 0 Å². The van der Waals surface area contributed by atoms with Crippen LogP contribution in [-0.2, 0) is 13.5 Å². The molecule has 2 N–H and O–H groups in total. The number of anilines is 3. The number of nitrogens with zero attached hydrogens (tertiary/aromatic N) is 5. The summed E-state index contributed by atoms with van der Waals surface area (Å²) in [7, 11) is 3.40. The maximum atomic E-state index is 5.08. The maximum absolute atomic E-state index is 5.08. The molecule has 0 aliphatic heterocycles. The normalized spacial score (nSPS) is 10.4. The van der Waals surface area contributed by atoms with Crippen LogP contribution in [0.15, 0.2) is 6.20 Å². The van der Waals surface area contributed by atoms with Crippen molar-refractivity contribution in [2.24, 2.45) is 7.05 Å². The van der Waals surface area contributed by atoms with Crippen molar-refractivity contribution in [1.82, 2.24) is 24.7 Å². The molecule has 0 fully saturated rings. The molecule has 20 heavy (non-hydrogen) atoms. The molecule has 2 aromatic rings. The fraction of sp³-hybridized carbons (Fsp3) is 0.500. The van der Waals surface area contributed by atoms with E-state index in [1.165, 1.54) is 7.11 Å². The Morgan fingerprint density at radius 3 is 2.60 bits per heavy atom. The van der Waals surface area contributed by atoms with Crippen molar-refractivity contribution in [3.8, 4) is 6.01 Å². The van der Waals surface area contributed by atoms with Gasteiger partial charge >= 0.3 is 6.01 Å². The summed E-state index contributed by atoms with van der Waals surface area (Å²) >= 11 is 0. The first kappa shape index (κ1) is 14.0. The lowest BCUT2D eigenvalue weighted by Crippen LogP contribution is -2.08. The molecule has 2 rings (SSSR count). The molecule has 8 heteroatoms. The Kier molecular flexibility index (Phi) is 4.34. The molecule has 0 saturated heterocycles. The van der Waals surface area contributed by atoms with Crippen molar-refractivity contribution in [1.29, 1.82) is 0 Å². The Hall–Kier alpha value is -2.38. The molecular weight excluding hydrogens is 258 g/mol. The second kappa shape index (κ2) is 6.18. The smallest absolute Gasteiger partial charge is 0.322 e. The van der Waals surface area contributed by atoms with Gasteiger partial charge in [0.05, 0.1) is 18.5 Å². The summed E-state index contributed by atoms with van der Waals surface area (Å²) in [6, 6.07) is 0.264. The Bertz CT molecular complexity index is 581. The summed E-state index contributed by atoms with van der Waals surface area (Å²) < 4.78 is 6.83. The predicted octanol–water partition coefficient (Wildman–Crippen LogP) is 1.35. The van der Waals surface area contributed by atoms with E-state index in [4.69, 9.17) is 4.74 Å². The average molecular weight is 277 g/mol. The lowest BCUT2D eigenvalue weighted by molar-refractivity contribution is 0.379. The molecule has 0 bridgehead atoms. The van der Waals surface area contributed by atoms with Crippen LogP contribution < -0.4 is 15.4 Å². The number of hydrogen-bond donors (Lipinski definition) is 2. The van der Waals surface area contributed by atoms with E-state index in [1.54, 1.807) is 4.68 Å². The number of hydrogen-bond acceptors (Lipinski definition) is 7. The van der Waals surface area contributed by atoms with Gasteiger partial charge < -0.3 is 15.4 Å². The van der Waals surface area contributed by atoms with Crippen molar-refractivity contribution in [2.45, 2.75) is 20.3 Å². The highest BCUT2D eigenvalue weighted by molar-refractivity contribution is 5.56. The number of aryl methyl sites for hydroxylation is 2. The van der Waals surface area contributed by atoms with Crippen LogP contribution in [0.5, 0.6) is 6.01 Å². The topological polar surface area (TPSA) is 89.8 Å². The monoisotopic (exact) mass is 277 g/mol. The number of rotatable bonds is 6. The number of ether oxygens (including phenoxy) is 1. The summed E-state index contributed by atoms with van der Waals surface area (Å²) in [5, 5.41) is 10.6. The highest BCUT2D eigenvalue weighted by Crippen LogP contribution is 2.19. The number of nitrogens with one attached hydrogen (secondary N) is 2. The third kappa shape index (κ3) is 3.14. The largest absolute Gasteiger partial charge is 0.467 e. The average Bonchev–Trinajstić information content (AvgIpc) is 2.78. The van der Waals surface area contributed by atoms with Crippen LogP contribution >= 0.6 is 0 Å². The van der Waals surface area contributed by atoms with Gasteiger partial charge in [-0.2, -0.15) is 20.1 Å². The molecule has 2 aromatic heterocycles. The van der Waals surface area contributed by atoms with Crippen LogP contribution in [0.25, 0.3) is 0 Å². The van der Waals surface area contributed by atoms with Gasteiger partial charge in [0.2, 0.25) is 11.9 Å². The third-order valence-electron chi connectivity index (χ3n) is 2.62. The molecule has 0 aromatic carbocycles. The van der Waals surface area contributed by atoms with Gasteiger partial charge in [0.1, 0.15) is 0 Å². The lowest BCUT2D eigenvalue weighted by atomic mass is 10.3. The minimum atomic E-state index is 0.264. The van der Waals surface area contributed by atoms with Crippen LogP contribution in [-0.4, -0.2) is 38.4 Å². The second-order valence-corrected chi connectivity index (χ2v) is 4.14. The molecule has 0 amide bonds. The summed E-state index contributed by atoms with van der Waals surface area (Å²) in [6.07, 6.45) is 2.72. The van der Waals surface area contributed by atoms with Crippen molar-refractivity contribution >= 4 is 17.6 Å². The first-order valence-electron chi connectivity index (χ1n) is 6.49. The summed E-state index contributed by atoms with van der Waals surface area (Å²) in [5.41, 5.74) is 1.84. The zero-order chi connectivity index (χ0) is 14.5.